The predicted octanol–water partition coefficient (Wildman–Crippen LogP) is 1.83. The Kier molecular flexibility index (Phi) is 4.96. The monoisotopic (exact) mass is 396 g/mol. The molecular formula is C20H24N6O3. The Morgan fingerprint density at radius 2 is 2.17 bits per heavy atom. The highest BCUT2D eigenvalue weighted by Gasteiger charge is 2.24. The van der Waals surface area contributed by atoms with Gasteiger partial charge in [0, 0.05) is 44.8 Å². The third-order valence-electron chi connectivity index (χ3n) is 5.07. The normalized spacial score (nSPS) is 13.3. The molecule has 0 N–H and O–H groups in total. The Labute approximate surface area is 168 Å². The second-order valence-electron chi connectivity index (χ2n) is 7.15. The molecule has 0 fully saturated rings. The van der Waals surface area contributed by atoms with E-state index < -0.39 is 0 Å². The van der Waals surface area contributed by atoms with Crippen molar-refractivity contribution in [2.24, 2.45) is 7.05 Å². The predicted molar refractivity (Wildman–Crippen MR) is 109 cm³/mol. The molecule has 1 aliphatic heterocycles. The van der Waals surface area contributed by atoms with Crippen LogP contribution in [0, 0.1) is 0 Å². The van der Waals surface area contributed by atoms with Gasteiger partial charge in [-0.25, -0.2) is 14.5 Å². The molecule has 0 saturated heterocycles. The lowest BCUT2D eigenvalue weighted by Crippen LogP contribution is -2.31. The highest BCUT2D eigenvalue weighted by Crippen LogP contribution is 2.35. The van der Waals surface area contributed by atoms with E-state index in [9.17, 15) is 9.59 Å². The number of hydrogen-bond acceptors (Lipinski definition) is 6. The van der Waals surface area contributed by atoms with Crippen molar-refractivity contribution in [3.05, 3.63) is 46.6 Å². The fraction of sp³-hybridized carbons (Fsp3) is 0.400. The van der Waals surface area contributed by atoms with Gasteiger partial charge in [0.25, 0.3) is 5.91 Å². The topological polar surface area (TPSA) is 85.0 Å². The van der Waals surface area contributed by atoms with Crippen molar-refractivity contribution in [3.63, 3.8) is 0 Å². The largest absolute Gasteiger partial charge is 0.488 e. The summed E-state index contributed by atoms with van der Waals surface area (Å²) in [6, 6.07) is 5.45. The smallest absolute Gasteiger partial charge is 0.350 e. The number of hydrogen-bond donors (Lipinski definition) is 0. The summed E-state index contributed by atoms with van der Waals surface area (Å²) in [6.07, 6.45) is 5.29. The fourth-order valence-corrected chi connectivity index (χ4v) is 3.42. The standard InChI is InChI=1S/C20H24N6O3/c1-4-5-7-23(2)19(27)14-11-16-18(21-13-14)25(9-10-29-16)15-6-8-26-17(12-15)22-24(3)20(26)28/h6,8,11-13H,4-5,7,9-10H2,1-3H3. The van der Waals surface area contributed by atoms with Crippen LogP contribution in [0.5, 0.6) is 5.75 Å². The molecule has 0 spiro atoms. The van der Waals surface area contributed by atoms with Gasteiger partial charge in [0.05, 0.1) is 12.1 Å². The van der Waals surface area contributed by atoms with Gasteiger partial charge in [-0.2, -0.15) is 5.10 Å². The summed E-state index contributed by atoms with van der Waals surface area (Å²) < 4.78 is 8.58. The van der Waals surface area contributed by atoms with Gasteiger partial charge in [-0.1, -0.05) is 13.3 Å². The SMILES string of the molecule is CCCCN(C)C(=O)c1cnc2c(c1)OCCN2c1ccn2c(=O)n(C)nc2c1. The van der Waals surface area contributed by atoms with E-state index in [1.54, 1.807) is 37.5 Å². The summed E-state index contributed by atoms with van der Waals surface area (Å²) in [6.45, 7) is 3.89. The number of ether oxygens (including phenoxy) is 1. The minimum Gasteiger partial charge on any atom is -0.488 e. The van der Waals surface area contributed by atoms with Crippen LogP contribution in [0.25, 0.3) is 5.65 Å². The molecule has 9 nitrogen and oxygen atoms in total. The summed E-state index contributed by atoms with van der Waals surface area (Å²) in [5.74, 6) is 1.15. The first-order valence-electron chi connectivity index (χ1n) is 9.71. The lowest BCUT2D eigenvalue weighted by atomic mass is 10.2. The van der Waals surface area contributed by atoms with E-state index in [1.807, 2.05) is 17.0 Å². The number of pyridine rings is 2. The molecule has 0 atom stereocenters. The van der Waals surface area contributed by atoms with Crippen molar-refractivity contribution in [1.82, 2.24) is 24.1 Å². The molecule has 0 unspecified atom stereocenters. The Hall–Kier alpha value is -3.36. The van der Waals surface area contributed by atoms with E-state index in [0.29, 0.717) is 42.5 Å². The highest BCUT2D eigenvalue weighted by molar-refractivity contribution is 5.94. The van der Waals surface area contributed by atoms with Crippen molar-refractivity contribution in [2.45, 2.75) is 19.8 Å². The van der Waals surface area contributed by atoms with Gasteiger partial charge < -0.3 is 14.5 Å². The zero-order chi connectivity index (χ0) is 20.5. The molecule has 3 aromatic heterocycles. The minimum absolute atomic E-state index is 0.0660. The Morgan fingerprint density at radius 3 is 2.97 bits per heavy atom. The van der Waals surface area contributed by atoms with Crippen molar-refractivity contribution in [1.29, 1.82) is 0 Å². The molecule has 29 heavy (non-hydrogen) atoms. The number of rotatable bonds is 5. The molecule has 0 saturated carbocycles. The van der Waals surface area contributed by atoms with Gasteiger partial charge in [-0.15, -0.1) is 0 Å². The second-order valence-corrected chi connectivity index (χ2v) is 7.15. The fourth-order valence-electron chi connectivity index (χ4n) is 3.42. The zero-order valence-electron chi connectivity index (χ0n) is 16.8. The average molecular weight is 396 g/mol. The number of amides is 1. The summed E-state index contributed by atoms with van der Waals surface area (Å²) in [7, 11) is 3.42. The van der Waals surface area contributed by atoms with E-state index >= 15 is 0 Å². The van der Waals surface area contributed by atoms with Crippen molar-refractivity contribution >= 4 is 23.1 Å². The number of nitrogens with zero attached hydrogens (tertiary/aromatic N) is 6. The number of fused-ring (bicyclic) bond motifs is 2. The Bertz CT molecular complexity index is 1120. The lowest BCUT2D eigenvalue weighted by Gasteiger charge is -2.30. The molecule has 1 aliphatic rings. The molecule has 0 aliphatic carbocycles. The van der Waals surface area contributed by atoms with E-state index in [0.717, 1.165) is 18.5 Å². The van der Waals surface area contributed by atoms with Gasteiger partial charge in [0.15, 0.2) is 17.2 Å². The van der Waals surface area contributed by atoms with Gasteiger partial charge in [0.2, 0.25) is 0 Å². The van der Waals surface area contributed by atoms with Crippen LogP contribution in [0.3, 0.4) is 0 Å². The molecule has 0 radical (unpaired) electrons. The molecule has 3 aromatic rings. The highest BCUT2D eigenvalue weighted by atomic mass is 16.5. The molecule has 4 rings (SSSR count). The van der Waals surface area contributed by atoms with Gasteiger partial charge >= 0.3 is 5.69 Å². The number of carbonyl (C=O) groups is 1. The summed E-state index contributed by atoms with van der Waals surface area (Å²) in [4.78, 5) is 32.9. The van der Waals surface area contributed by atoms with Crippen LogP contribution in [0.1, 0.15) is 30.1 Å². The second kappa shape index (κ2) is 7.57. The number of anilines is 2. The maximum Gasteiger partial charge on any atom is 0.350 e. The Morgan fingerprint density at radius 1 is 1.34 bits per heavy atom. The number of aryl methyl sites for hydroxylation is 1. The first kappa shape index (κ1) is 19.0. The molecule has 9 heteroatoms. The van der Waals surface area contributed by atoms with Crippen LogP contribution in [0.2, 0.25) is 0 Å². The van der Waals surface area contributed by atoms with Crippen LogP contribution < -0.4 is 15.3 Å². The number of carbonyl (C=O) groups excluding carboxylic acids is 1. The van der Waals surface area contributed by atoms with Crippen molar-refractivity contribution < 1.29 is 9.53 Å². The summed E-state index contributed by atoms with van der Waals surface area (Å²) >= 11 is 0. The summed E-state index contributed by atoms with van der Waals surface area (Å²) in [5.41, 5.74) is 1.74. The molecule has 0 aromatic carbocycles. The number of aromatic nitrogens is 4. The molecule has 152 valence electrons. The van der Waals surface area contributed by atoms with Crippen LogP contribution in [-0.4, -0.2) is 56.7 Å². The van der Waals surface area contributed by atoms with Gasteiger partial charge in [-0.3, -0.25) is 9.20 Å². The van der Waals surface area contributed by atoms with Crippen molar-refractivity contribution in [3.8, 4) is 5.75 Å². The lowest BCUT2D eigenvalue weighted by molar-refractivity contribution is 0.0792. The number of unbranched alkanes of at least 4 members (excludes halogenated alkanes) is 1. The van der Waals surface area contributed by atoms with E-state index in [2.05, 4.69) is 17.0 Å². The van der Waals surface area contributed by atoms with E-state index in [1.165, 1.54) is 9.08 Å². The summed E-state index contributed by atoms with van der Waals surface area (Å²) in [5, 5.41) is 4.24. The maximum atomic E-state index is 12.6. The minimum atomic E-state index is -0.192. The average Bonchev–Trinajstić information content (AvgIpc) is 3.03. The van der Waals surface area contributed by atoms with Crippen LogP contribution in [0.15, 0.2) is 35.4 Å². The molecule has 4 heterocycles. The molecular weight excluding hydrogens is 372 g/mol. The third kappa shape index (κ3) is 3.43. The Balaban J connectivity index is 1.65. The van der Waals surface area contributed by atoms with Gasteiger partial charge in [0.1, 0.15) is 6.61 Å². The van der Waals surface area contributed by atoms with Gasteiger partial charge in [-0.05, 0) is 18.6 Å². The molecule has 1 amide bonds. The maximum absolute atomic E-state index is 12.6. The van der Waals surface area contributed by atoms with Crippen LogP contribution >= 0.6 is 0 Å². The first-order valence-corrected chi connectivity index (χ1v) is 9.71. The zero-order valence-corrected chi connectivity index (χ0v) is 16.8. The quantitative estimate of drug-likeness (QED) is 0.654. The molecule has 0 bridgehead atoms. The van der Waals surface area contributed by atoms with E-state index in [4.69, 9.17) is 4.74 Å². The van der Waals surface area contributed by atoms with Crippen LogP contribution in [-0.2, 0) is 7.05 Å². The third-order valence-corrected chi connectivity index (χ3v) is 5.07. The van der Waals surface area contributed by atoms with Crippen LogP contribution in [0.4, 0.5) is 11.5 Å². The first-order chi connectivity index (χ1) is 14.0. The van der Waals surface area contributed by atoms with E-state index in [-0.39, 0.29) is 11.6 Å². The van der Waals surface area contributed by atoms with Crippen molar-refractivity contribution in [2.75, 3.05) is 31.6 Å².